The molecule has 0 saturated carbocycles. The Hall–Kier alpha value is -1.54. The highest BCUT2D eigenvalue weighted by molar-refractivity contribution is 14.1. The Morgan fingerprint density at radius 1 is 0.818 bits per heavy atom. The summed E-state index contributed by atoms with van der Waals surface area (Å²) in [6.45, 7) is 13.1. The number of rotatable bonds is 12. The Morgan fingerprint density at radius 3 is 1.57 bits per heavy atom. The van der Waals surface area contributed by atoms with E-state index in [4.69, 9.17) is 14.2 Å². The first kappa shape index (κ1) is 42.5. The normalized spacial score (nSPS) is 12.3. The van der Waals surface area contributed by atoms with Crippen molar-refractivity contribution < 1.29 is 42.1 Å². The van der Waals surface area contributed by atoms with Gasteiger partial charge in [0, 0.05) is 0 Å². The minimum Gasteiger partial charge on any atom is -0.507 e. The lowest BCUT2D eigenvalue weighted by Crippen LogP contribution is -2.20. The first-order valence-corrected chi connectivity index (χ1v) is 17.5. The molecule has 0 radical (unpaired) electrons. The van der Waals surface area contributed by atoms with Crippen LogP contribution >= 0.6 is 54.5 Å². The van der Waals surface area contributed by atoms with Crippen LogP contribution in [0.4, 0.5) is 13.2 Å². The van der Waals surface area contributed by atoms with E-state index in [1.807, 2.05) is 13.8 Å². The Bertz CT molecular complexity index is 1150. The highest BCUT2D eigenvalue weighted by atomic mass is 127. The Balaban J connectivity index is 0.000000790. The quantitative estimate of drug-likeness (QED) is 0.130. The van der Waals surface area contributed by atoms with Crippen LogP contribution in [0.15, 0.2) is 45.3 Å². The fourth-order valence-electron chi connectivity index (χ4n) is 3.92. The number of carbonyl (C=O) groups excluding carboxylic acids is 2. The van der Waals surface area contributed by atoms with Crippen LogP contribution < -0.4 is 4.74 Å². The molecule has 0 aliphatic heterocycles. The second kappa shape index (κ2) is 22.1. The van der Waals surface area contributed by atoms with Gasteiger partial charge < -0.3 is 19.3 Å². The van der Waals surface area contributed by atoms with E-state index in [9.17, 15) is 27.9 Å². The van der Waals surface area contributed by atoms with Crippen LogP contribution in [0.3, 0.4) is 0 Å². The van der Waals surface area contributed by atoms with E-state index in [1.165, 1.54) is 10.5 Å². The number of phenolic OH excluding ortho intramolecular Hbond substituents is 1. The molecular weight excluding hydrogens is 824 g/mol. The minimum absolute atomic E-state index is 0.0817. The zero-order valence-corrected chi connectivity index (χ0v) is 31.6. The number of ether oxygens (including phenoxy) is 3. The van der Waals surface area contributed by atoms with E-state index < -0.39 is 18.7 Å². The first-order chi connectivity index (χ1) is 20.5. The van der Waals surface area contributed by atoms with Gasteiger partial charge in [0.2, 0.25) is 0 Å². The van der Waals surface area contributed by atoms with Gasteiger partial charge in [-0.3, -0.25) is 9.59 Å². The van der Waals surface area contributed by atoms with Gasteiger partial charge in [0.05, 0.1) is 34.0 Å². The van der Waals surface area contributed by atoms with Gasteiger partial charge in [-0.1, -0.05) is 69.3 Å². The molecule has 0 fully saturated rings. The summed E-state index contributed by atoms with van der Waals surface area (Å²) in [5.41, 5.74) is 1.55. The minimum atomic E-state index is -4.40. The van der Waals surface area contributed by atoms with Crippen molar-refractivity contribution in [3.63, 3.8) is 0 Å². The second-order valence-electron chi connectivity index (χ2n) is 10.4. The molecule has 0 aromatic heterocycles. The fourth-order valence-corrected chi connectivity index (χ4v) is 4.82. The van der Waals surface area contributed by atoms with Gasteiger partial charge in [0.25, 0.3) is 0 Å². The summed E-state index contributed by atoms with van der Waals surface area (Å²) in [4.78, 5) is 24.1. The Kier molecular flexibility index (Phi) is 21.3. The highest BCUT2D eigenvalue weighted by Gasteiger charge is 2.29. The van der Waals surface area contributed by atoms with Crippen molar-refractivity contribution in [2.45, 2.75) is 79.3 Å². The van der Waals surface area contributed by atoms with E-state index >= 15 is 0 Å². The molecule has 2 rings (SSSR count). The maximum Gasteiger partial charge on any atom is 0.422 e. The molecule has 0 aliphatic rings. The molecule has 0 heterocycles. The van der Waals surface area contributed by atoms with Crippen molar-refractivity contribution >= 4 is 66.4 Å². The van der Waals surface area contributed by atoms with E-state index in [2.05, 4.69) is 75.2 Å². The number of halogens is 6. The zero-order valence-electron chi connectivity index (χ0n) is 26.3. The number of benzene rings is 2. The molecule has 44 heavy (non-hydrogen) atoms. The molecule has 2 aromatic carbocycles. The smallest absolute Gasteiger partial charge is 0.422 e. The SMILES string of the molecule is CCI.CCOC(=O)C(CC(C)C)c1ccc(O)c(Br)c1.CCOC(=O)C(CC(C)C)c1ccc(OCC(F)(F)F)c(Br)c1. The van der Waals surface area contributed by atoms with Crippen LogP contribution in [-0.4, -0.2) is 47.5 Å². The predicted octanol–water partition coefficient (Wildman–Crippen LogP) is 10.4. The molecule has 6 nitrogen and oxygen atoms in total. The summed E-state index contributed by atoms with van der Waals surface area (Å²) in [6, 6.07) is 9.77. The number of hydrogen-bond donors (Lipinski definition) is 1. The van der Waals surface area contributed by atoms with Crippen LogP contribution in [0.25, 0.3) is 0 Å². The maximum atomic E-state index is 12.2. The van der Waals surface area contributed by atoms with Crippen LogP contribution in [0.5, 0.6) is 11.5 Å². The number of esters is 2. The lowest BCUT2D eigenvalue weighted by Gasteiger charge is -2.19. The number of alkyl halides is 4. The molecule has 2 atom stereocenters. The summed E-state index contributed by atoms with van der Waals surface area (Å²) < 4.78 is 53.8. The molecular formula is C32H44Br2F3IO6. The van der Waals surface area contributed by atoms with Crippen LogP contribution in [0.1, 0.15) is 84.3 Å². The topological polar surface area (TPSA) is 82.1 Å². The van der Waals surface area contributed by atoms with E-state index in [0.29, 0.717) is 33.5 Å². The van der Waals surface area contributed by atoms with Crippen molar-refractivity contribution in [1.29, 1.82) is 0 Å². The molecule has 2 aromatic rings. The lowest BCUT2D eigenvalue weighted by molar-refractivity contribution is -0.153. The van der Waals surface area contributed by atoms with Crippen molar-refractivity contribution in [3.8, 4) is 11.5 Å². The average molecular weight is 868 g/mol. The van der Waals surface area contributed by atoms with Gasteiger partial charge >= 0.3 is 18.1 Å². The largest absolute Gasteiger partial charge is 0.507 e. The van der Waals surface area contributed by atoms with Crippen LogP contribution in [0, 0.1) is 11.8 Å². The molecule has 1 N–H and O–H groups in total. The standard InChI is InChI=1S/C16H20BrF3O3.C14H19BrO3.C2H5I/c1-4-22-15(21)12(7-10(2)3)11-5-6-14(13(17)8-11)23-9-16(18,19)20;1-4-18-14(17)11(7-9(2)3)10-5-6-13(16)12(15)8-10;1-2-3/h5-6,8,10,12H,4,7,9H2,1-3H3;5-6,8-9,11,16H,4,7H2,1-3H3;2H2,1H3. The van der Waals surface area contributed by atoms with Crippen molar-refractivity contribution in [3.05, 3.63) is 56.5 Å². The summed E-state index contributed by atoms with van der Waals surface area (Å²) in [6.07, 6.45) is -3.08. The van der Waals surface area contributed by atoms with Gasteiger partial charge in [-0.05, 0) is 110 Å². The summed E-state index contributed by atoms with van der Waals surface area (Å²) in [5, 5.41) is 9.49. The first-order valence-electron chi connectivity index (χ1n) is 14.4. The van der Waals surface area contributed by atoms with Crippen molar-refractivity contribution in [1.82, 2.24) is 0 Å². The number of aromatic hydroxyl groups is 1. The Morgan fingerprint density at radius 2 is 1.23 bits per heavy atom. The van der Waals surface area contributed by atoms with Crippen LogP contribution in [0.2, 0.25) is 0 Å². The third-order valence-corrected chi connectivity index (χ3v) is 6.94. The predicted molar refractivity (Wildman–Crippen MR) is 184 cm³/mol. The molecule has 0 spiro atoms. The van der Waals surface area contributed by atoms with Gasteiger partial charge in [-0.2, -0.15) is 13.2 Å². The number of phenols is 1. The molecule has 12 heteroatoms. The molecule has 0 bridgehead atoms. The van der Waals surface area contributed by atoms with E-state index in [-0.39, 0.29) is 41.9 Å². The van der Waals surface area contributed by atoms with Gasteiger partial charge in [0.1, 0.15) is 11.5 Å². The summed E-state index contributed by atoms with van der Waals surface area (Å²) in [5.74, 6) is -0.355. The van der Waals surface area contributed by atoms with E-state index in [1.54, 1.807) is 44.2 Å². The van der Waals surface area contributed by atoms with Gasteiger partial charge in [0.15, 0.2) is 6.61 Å². The summed E-state index contributed by atoms with van der Waals surface area (Å²) >= 11 is 8.75. The van der Waals surface area contributed by atoms with Gasteiger partial charge in [-0.15, -0.1) is 0 Å². The third kappa shape index (κ3) is 17.2. The fraction of sp³-hybridized carbons (Fsp3) is 0.562. The summed E-state index contributed by atoms with van der Waals surface area (Å²) in [7, 11) is 0. The third-order valence-electron chi connectivity index (χ3n) is 5.68. The average Bonchev–Trinajstić information content (AvgIpc) is 2.91. The molecule has 0 amide bonds. The maximum absolute atomic E-state index is 12.2. The monoisotopic (exact) mass is 866 g/mol. The molecule has 2 unspecified atom stereocenters. The number of carbonyl (C=O) groups is 2. The van der Waals surface area contributed by atoms with Crippen molar-refractivity contribution in [2.75, 3.05) is 24.2 Å². The second-order valence-corrected chi connectivity index (χ2v) is 13.7. The lowest BCUT2D eigenvalue weighted by atomic mass is 9.90. The van der Waals surface area contributed by atoms with Crippen LogP contribution in [-0.2, 0) is 19.1 Å². The zero-order chi connectivity index (χ0) is 34.0. The van der Waals surface area contributed by atoms with Crippen molar-refractivity contribution in [2.24, 2.45) is 11.8 Å². The van der Waals surface area contributed by atoms with E-state index in [0.717, 1.165) is 12.0 Å². The molecule has 250 valence electrons. The Labute approximate surface area is 290 Å². The molecule has 0 aliphatic carbocycles. The molecule has 0 saturated heterocycles. The number of hydrogen-bond acceptors (Lipinski definition) is 6. The highest BCUT2D eigenvalue weighted by Crippen LogP contribution is 2.34. The van der Waals surface area contributed by atoms with Gasteiger partial charge in [-0.25, -0.2) is 0 Å².